The van der Waals surface area contributed by atoms with E-state index in [1.165, 1.54) is 0 Å². The van der Waals surface area contributed by atoms with Crippen LogP contribution >= 0.6 is 0 Å². The summed E-state index contributed by atoms with van der Waals surface area (Å²) in [5.74, 6) is -0.707. The van der Waals surface area contributed by atoms with Gasteiger partial charge in [-0.2, -0.15) is 0 Å². The predicted molar refractivity (Wildman–Crippen MR) is 43.3 cm³/mol. The molecule has 0 aromatic heterocycles. The van der Waals surface area contributed by atoms with E-state index in [-0.39, 0.29) is 17.4 Å². The Morgan fingerprint density at radius 3 is 2.33 bits per heavy atom. The summed E-state index contributed by atoms with van der Waals surface area (Å²) in [5.41, 5.74) is -0.381. The van der Waals surface area contributed by atoms with Crippen LogP contribution in [0, 0.1) is 5.41 Å². The van der Waals surface area contributed by atoms with Gasteiger partial charge in [0, 0.05) is 6.42 Å². The van der Waals surface area contributed by atoms with Gasteiger partial charge >= 0.3 is 11.9 Å². The second-order valence-corrected chi connectivity index (χ2v) is 3.25. The fourth-order valence-electron chi connectivity index (χ4n) is 1.60. The minimum absolute atomic E-state index is 0.330. The quantitative estimate of drug-likeness (QED) is 0.467. The second kappa shape index (κ2) is 3.25. The van der Waals surface area contributed by atoms with Gasteiger partial charge < -0.3 is 4.74 Å². The van der Waals surface area contributed by atoms with Crippen LogP contribution in [0.15, 0.2) is 0 Å². The SMILES string of the molecule is CCC1(CC)CCC(=O)OC1=O. The predicted octanol–water partition coefficient (Wildman–Crippen LogP) is 1.66. The van der Waals surface area contributed by atoms with Crippen molar-refractivity contribution in [3.63, 3.8) is 0 Å². The number of carbonyl (C=O) groups is 2. The van der Waals surface area contributed by atoms with Crippen LogP contribution in [-0.4, -0.2) is 11.9 Å². The molecule has 3 nitrogen and oxygen atoms in total. The first-order valence-electron chi connectivity index (χ1n) is 4.39. The largest absolute Gasteiger partial charge is 0.393 e. The van der Waals surface area contributed by atoms with E-state index in [4.69, 9.17) is 0 Å². The zero-order chi connectivity index (χ0) is 9.19. The minimum atomic E-state index is -0.381. The van der Waals surface area contributed by atoms with Crippen molar-refractivity contribution in [2.75, 3.05) is 0 Å². The third-order valence-corrected chi connectivity index (χ3v) is 2.80. The van der Waals surface area contributed by atoms with E-state index in [9.17, 15) is 9.59 Å². The highest BCUT2D eigenvalue weighted by atomic mass is 16.6. The molecular formula is C9H14O3. The van der Waals surface area contributed by atoms with Crippen molar-refractivity contribution in [3.05, 3.63) is 0 Å². The molecule has 1 saturated heterocycles. The van der Waals surface area contributed by atoms with Gasteiger partial charge in [-0.15, -0.1) is 0 Å². The lowest BCUT2D eigenvalue weighted by molar-refractivity contribution is -0.174. The highest BCUT2D eigenvalue weighted by Crippen LogP contribution is 2.36. The van der Waals surface area contributed by atoms with Crippen LogP contribution < -0.4 is 0 Å². The molecule has 0 saturated carbocycles. The summed E-state index contributed by atoms with van der Waals surface area (Å²) in [7, 11) is 0. The highest BCUT2D eigenvalue weighted by Gasteiger charge is 2.41. The summed E-state index contributed by atoms with van der Waals surface area (Å²) in [6, 6.07) is 0. The maximum absolute atomic E-state index is 11.3. The third-order valence-electron chi connectivity index (χ3n) is 2.80. The number of hydrogen-bond donors (Lipinski definition) is 0. The Hall–Kier alpha value is -0.860. The van der Waals surface area contributed by atoms with Gasteiger partial charge in [0.15, 0.2) is 0 Å². The van der Waals surface area contributed by atoms with Crippen LogP contribution in [0.1, 0.15) is 39.5 Å². The Bertz CT molecular complexity index is 204. The first-order valence-corrected chi connectivity index (χ1v) is 4.39. The lowest BCUT2D eigenvalue weighted by Crippen LogP contribution is -2.38. The van der Waals surface area contributed by atoms with E-state index in [2.05, 4.69) is 4.74 Å². The average Bonchev–Trinajstić information content (AvgIpc) is 2.06. The van der Waals surface area contributed by atoms with Crippen molar-refractivity contribution in [1.29, 1.82) is 0 Å². The average molecular weight is 170 g/mol. The summed E-state index contributed by atoms with van der Waals surface area (Å²) in [6.45, 7) is 3.92. The van der Waals surface area contributed by atoms with Gasteiger partial charge in [-0.1, -0.05) is 13.8 Å². The van der Waals surface area contributed by atoms with Gasteiger partial charge in [0.25, 0.3) is 0 Å². The Kier molecular flexibility index (Phi) is 2.50. The second-order valence-electron chi connectivity index (χ2n) is 3.25. The van der Waals surface area contributed by atoms with Crippen molar-refractivity contribution in [2.24, 2.45) is 5.41 Å². The monoisotopic (exact) mass is 170 g/mol. The molecule has 1 aliphatic heterocycles. The molecule has 0 bridgehead atoms. The van der Waals surface area contributed by atoms with E-state index in [1.54, 1.807) is 0 Å². The Labute approximate surface area is 72.1 Å². The number of ether oxygens (including phenoxy) is 1. The van der Waals surface area contributed by atoms with E-state index in [1.807, 2.05) is 13.8 Å². The first kappa shape index (κ1) is 9.23. The van der Waals surface area contributed by atoms with Crippen LogP contribution in [0.4, 0.5) is 0 Å². The third kappa shape index (κ3) is 1.36. The van der Waals surface area contributed by atoms with E-state index in [0.29, 0.717) is 12.8 Å². The van der Waals surface area contributed by atoms with Gasteiger partial charge in [-0.25, -0.2) is 0 Å². The zero-order valence-corrected chi connectivity index (χ0v) is 7.55. The van der Waals surface area contributed by atoms with Gasteiger partial charge in [0.2, 0.25) is 0 Å². The lowest BCUT2D eigenvalue weighted by atomic mass is 9.77. The Morgan fingerprint density at radius 1 is 1.33 bits per heavy atom. The molecule has 0 unspecified atom stereocenters. The van der Waals surface area contributed by atoms with Crippen molar-refractivity contribution < 1.29 is 14.3 Å². The van der Waals surface area contributed by atoms with Crippen LogP contribution in [0.2, 0.25) is 0 Å². The molecule has 1 fully saturated rings. The molecule has 1 aliphatic rings. The van der Waals surface area contributed by atoms with Gasteiger partial charge in [0.1, 0.15) is 0 Å². The number of rotatable bonds is 2. The summed E-state index contributed by atoms with van der Waals surface area (Å²) in [6.07, 6.45) is 2.55. The van der Waals surface area contributed by atoms with Gasteiger partial charge in [0.05, 0.1) is 5.41 Å². The minimum Gasteiger partial charge on any atom is -0.393 e. The summed E-state index contributed by atoms with van der Waals surface area (Å²) in [5, 5.41) is 0. The lowest BCUT2D eigenvalue weighted by Gasteiger charge is -2.31. The zero-order valence-electron chi connectivity index (χ0n) is 7.55. The van der Waals surface area contributed by atoms with Crippen LogP contribution in [0.5, 0.6) is 0 Å². The molecule has 0 aliphatic carbocycles. The molecule has 0 atom stereocenters. The Morgan fingerprint density at radius 2 is 1.92 bits per heavy atom. The fraction of sp³-hybridized carbons (Fsp3) is 0.778. The number of cyclic esters (lactones) is 2. The van der Waals surface area contributed by atoms with Crippen LogP contribution in [0.3, 0.4) is 0 Å². The summed E-state index contributed by atoms with van der Waals surface area (Å²) >= 11 is 0. The highest BCUT2D eigenvalue weighted by molar-refractivity contribution is 5.91. The number of esters is 2. The molecule has 3 heteroatoms. The molecule has 68 valence electrons. The van der Waals surface area contributed by atoms with Crippen molar-refractivity contribution in [3.8, 4) is 0 Å². The normalized spacial score (nSPS) is 22.2. The molecule has 12 heavy (non-hydrogen) atoms. The molecule has 1 rings (SSSR count). The standard InChI is InChI=1S/C9H14O3/c1-3-9(4-2)6-5-7(10)12-8(9)11/h3-6H2,1-2H3. The molecule has 0 aromatic carbocycles. The first-order chi connectivity index (χ1) is 5.64. The maximum Gasteiger partial charge on any atom is 0.319 e. The van der Waals surface area contributed by atoms with E-state index < -0.39 is 0 Å². The van der Waals surface area contributed by atoms with E-state index in [0.717, 1.165) is 12.8 Å². The fourth-order valence-corrected chi connectivity index (χ4v) is 1.60. The molecule has 0 spiro atoms. The summed E-state index contributed by atoms with van der Waals surface area (Å²) < 4.78 is 4.61. The molecule has 0 amide bonds. The number of carbonyl (C=O) groups excluding carboxylic acids is 2. The molecule has 0 N–H and O–H groups in total. The Balaban J connectivity index is 2.77. The van der Waals surface area contributed by atoms with Gasteiger partial charge in [-0.3, -0.25) is 9.59 Å². The smallest absolute Gasteiger partial charge is 0.319 e. The molecule has 0 radical (unpaired) electrons. The molecular weight excluding hydrogens is 156 g/mol. The molecule has 1 heterocycles. The molecule has 0 aromatic rings. The van der Waals surface area contributed by atoms with E-state index >= 15 is 0 Å². The van der Waals surface area contributed by atoms with Gasteiger partial charge in [-0.05, 0) is 19.3 Å². The van der Waals surface area contributed by atoms with Crippen LogP contribution in [0.25, 0.3) is 0 Å². The topological polar surface area (TPSA) is 43.4 Å². The maximum atomic E-state index is 11.3. The van der Waals surface area contributed by atoms with Crippen molar-refractivity contribution in [2.45, 2.75) is 39.5 Å². The van der Waals surface area contributed by atoms with Crippen LogP contribution in [-0.2, 0) is 14.3 Å². The van der Waals surface area contributed by atoms with Crippen molar-refractivity contribution in [1.82, 2.24) is 0 Å². The number of hydrogen-bond acceptors (Lipinski definition) is 3. The van der Waals surface area contributed by atoms with Crippen molar-refractivity contribution >= 4 is 11.9 Å². The summed E-state index contributed by atoms with van der Waals surface area (Å²) in [4.78, 5) is 22.1.